The maximum Gasteiger partial charge on any atom is 0.356 e. The number of aromatic nitrogens is 3. The molecule has 6 nitrogen and oxygen atoms in total. The first-order valence-electron chi connectivity index (χ1n) is 7.66. The third-order valence-corrected chi connectivity index (χ3v) is 3.90. The molecule has 2 aliphatic rings. The molecule has 0 spiro atoms. The van der Waals surface area contributed by atoms with Crippen molar-refractivity contribution in [3.8, 4) is 5.69 Å². The summed E-state index contributed by atoms with van der Waals surface area (Å²) in [5.41, 5.74) is 6.56. The van der Waals surface area contributed by atoms with Crippen LogP contribution in [0.15, 0.2) is 64.5 Å². The molecule has 1 aromatic heterocycles. The number of allylic oxidation sites excluding steroid dienone is 6. The van der Waals surface area contributed by atoms with Gasteiger partial charge in [-0.1, -0.05) is 42.5 Å². The van der Waals surface area contributed by atoms with E-state index in [9.17, 15) is 4.79 Å². The molecule has 1 heterocycles. The van der Waals surface area contributed by atoms with Gasteiger partial charge in [0.05, 0.1) is 5.69 Å². The van der Waals surface area contributed by atoms with E-state index in [0.717, 1.165) is 11.3 Å². The summed E-state index contributed by atoms with van der Waals surface area (Å²) in [6, 6.07) is 7.55. The number of para-hydroxylation sites is 1. The number of rotatable bonds is 2. The molecule has 1 aromatic carbocycles. The van der Waals surface area contributed by atoms with Crippen LogP contribution in [0.4, 0.5) is 5.95 Å². The Morgan fingerprint density at radius 3 is 2.21 bits per heavy atom. The van der Waals surface area contributed by atoms with Crippen molar-refractivity contribution in [2.45, 2.75) is 20.3 Å². The molecule has 0 saturated carbocycles. The van der Waals surface area contributed by atoms with Crippen LogP contribution in [-0.2, 0) is 0 Å². The Labute approximate surface area is 140 Å². The molecule has 2 bridgehead atoms. The van der Waals surface area contributed by atoms with Crippen LogP contribution in [0.25, 0.3) is 5.69 Å². The lowest BCUT2D eigenvalue weighted by molar-refractivity contribution is 0.806. The summed E-state index contributed by atoms with van der Waals surface area (Å²) in [4.78, 5) is 19.7. The number of hydrazine groups is 1. The maximum atomic E-state index is 11.9. The van der Waals surface area contributed by atoms with Crippen LogP contribution in [-0.4, -0.2) is 14.5 Å². The topological polar surface area (TPSA) is 85.8 Å². The molecule has 0 amide bonds. The van der Waals surface area contributed by atoms with E-state index in [1.807, 2.05) is 31.2 Å². The standard InChI is InChI=1S/C11H13N5O.C7H6/c1-7-5-3-4-6-9(7)16-8(2)13-10(15-12)14-11(16)17;1-2-7-4-3-6(1)5-7/h3-6H,12H2,1-2H3,(H,14,15,17);1-4H,5H2. The van der Waals surface area contributed by atoms with Crippen molar-refractivity contribution in [3.05, 3.63) is 81.6 Å². The van der Waals surface area contributed by atoms with Gasteiger partial charge in [-0.3, -0.25) is 5.43 Å². The van der Waals surface area contributed by atoms with Crippen molar-refractivity contribution in [1.29, 1.82) is 0 Å². The first-order chi connectivity index (χ1) is 11.6. The van der Waals surface area contributed by atoms with Crippen molar-refractivity contribution >= 4 is 5.95 Å². The van der Waals surface area contributed by atoms with Crippen LogP contribution in [0.2, 0.25) is 0 Å². The number of nitrogens with two attached hydrogens (primary N) is 1. The van der Waals surface area contributed by atoms with Gasteiger partial charge in [0.15, 0.2) is 0 Å². The first kappa shape index (κ1) is 15.9. The maximum absolute atomic E-state index is 11.9. The van der Waals surface area contributed by atoms with E-state index in [2.05, 4.69) is 39.7 Å². The van der Waals surface area contributed by atoms with Crippen LogP contribution < -0.4 is 17.0 Å². The average molecular weight is 321 g/mol. The van der Waals surface area contributed by atoms with Crippen molar-refractivity contribution in [3.63, 3.8) is 0 Å². The number of nitrogen functional groups attached to an aromatic ring is 1. The molecular weight excluding hydrogens is 302 g/mol. The minimum atomic E-state index is -0.403. The lowest BCUT2D eigenvalue weighted by Gasteiger charge is -2.11. The Bertz CT molecular complexity index is 901. The molecule has 122 valence electrons. The molecule has 2 aliphatic carbocycles. The van der Waals surface area contributed by atoms with Crippen molar-refractivity contribution in [2.24, 2.45) is 5.84 Å². The number of nitrogens with zero attached hydrogens (tertiary/aromatic N) is 3. The molecule has 0 aliphatic heterocycles. The predicted molar refractivity (Wildman–Crippen MR) is 94.8 cm³/mol. The van der Waals surface area contributed by atoms with E-state index >= 15 is 0 Å². The molecule has 0 saturated heterocycles. The Balaban J connectivity index is 0.000000198. The number of aryl methyl sites for hydroxylation is 2. The Hall–Kier alpha value is -2.99. The third-order valence-electron chi connectivity index (χ3n) is 3.90. The van der Waals surface area contributed by atoms with Gasteiger partial charge in [-0.15, -0.1) is 0 Å². The monoisotopic (exact) mass is 321 g/mol. The van der Waals surface area contributed by atoms with Crippen LogP contribution in [0, 0.1) is 13.8 Å². The van der Waals surface area contributed by atoms with Gasteiger partial charge in [0.2, 0.25) is 5.95 Å². The Kier molecular flexibility index (Phi) is 4.39. The summed E-state index contributed by atoms with van der Waals surface area (Å²) in [6.45, 7) is 3.66. The summed E-state index contributed by atoms with van der Waals surface area (Å²) in [5, 5.41) is 0. The molecule has 6 heteroatoms. The molecule has 3 N–H and O–H groups in total. The highest BCUT2D eigenvalue weighted by Gasteiger charge is 2.09. The zero-order chi connectivity index (χ0) is 17.1. The van der Waals surface area contributed by atoms with Crippen molar-refractivity contribution in [2.75, 3.05) is 5.43 Å². The van der Waals surface area contributed by atoms with Gasteiger partial charge in [0.1, 0.15) is 5.82 Å². The normalized spacial score (nSPS) is 14.0. The molecule has 4 rings (SSSR count). The second kappa shape index (κ2) is 6.64. The highest BCUT2D eigenvalue weighted by Crippen LogP contribution is 2.27. The highest BCUT2D eigenvalue weighted by atomic mass is 16.1. The van der Waals surface area contributed by atoms with Gasteiger partial charge < -0.3 is 0 Å². The quantitative estimate of drug-likeness (QED) is 0.655. The van der Waals surface area contributed by atoms with E-state index in [1.165, 1.54) is 22.1 Å². The van der Waals surface area contributed by atoms with Gasteiger partial charge in [0, 0.05) is 0 Å². The molecule has 2 aromatic rings. The Morgan fingerprint density at radius 1 is 1.08 bits per heavy atom. The number of hydrogen-bond donors (Lipinski definition) is 2. The minimum Gasteiger partial charge on any atom is -0.292 e. The van der Waals surface area contributed by atoms with Gasteiger partial charge in [-0.05, 0) is 43.0 Å². The number of nitrogens with one attached hydrogen (secondary N) is 1. The minimum absolute atomic E-state index is 0.123. The van der Waals surface area contributed by atoms with Gasteiger partial charge in [-0.2, -0.15) is 9.97 Å². The number of hydrogen-bond acceptors (Lipinski definition) is 5. The lowest BCUT2D eigenvalue weighted by Crippen LogP contribution is -2.28. The fourth-order valence-electron chi connectivity index (χ4n) is 2.67. The SMILES string of the molecule is C1=CC2=CC=C1C2.Cc1ccccc1-n1c(C)nc(NN)nc1=O. The van der Waals surface area contributed by atoms with E-state index in [-0.39, 0.29) is 5.95 Å². The largest absolute Gasteiger partial charge is 0.356 e. The third kappa shape index (κ3) is 3.18. The second-order valence-electron chi connectivity index (χ2n) is 5.64. The average Bonchev–Trinajstić information content (AvgIpc) is 3.22. The molecule has 0 radical (unpaired) electrons. The number of benzene rings is 1. The lowest BCUT2D eigenvalue weighted by atomic mass is 10.2. The number of anilines is 1. The van der Waals surface area contributed by atoms with Crippen molar-refractivity contribution in [1.82, 2.24) is 14.5 Å². The molecule has 0 fully saturated rings. The van der Waals surface area contributed by atoms with E-state index in [4.69, 9.17) is 5.84 Å². The highest BCUT2D eigenvalue weighted by molar-refractivity contribution is 5.49. The van der Waals surface area contributed by atoms with E-state index in [0.29, 0.717) is 5.82 Å². The summed E-state index contributed by atoms with van der Waals surface area (Å²) in [7, 11) is 0. The van der Waals surface area contributed by atoms with Crippen LogP contribution >= 0.6 is 0 Å². The zero-order valence-electron chi connectivity index (χ0n) is 13.7. The van der Waals surface area contributed by atoms with Crippen LogP contribution in [0.1, 0.15) is 17.8 Å². The Morgan fingerprint density at radius 2 is 1.75 bits per heavy atom. The van der Waals surface area contributed by atoms with Gasteiger partial charge in [0.25, 0.3) is 0 Å². The summed E-state index contributed by atoms with van der Waals surface area (Å²) in [5.74, 6) is 5.84. The van der Waals surface area contributed by atoms with Gasteiger partial charge in [-0.25, -0.2) is 15.2 Å². The fraction of sp³-hybridized carbons (Fsp3) is 0.167. The zero-order valence-corrected chi connectivity index (χ0v) is 13.7. The van der Waals surface area contributed by atoms with E-state index in [1.54, 1.807) is 6.92 Å². The van der Waals surface area contributed by atoms with E-state index < -0.39 is 5.69 Å². The molecular formula is C18H19N5O. The summed E-state index contributed by atoms with van der Waals surface area (Å²) in [6.07, 6.45) is 9.90. The summed E-state index contributed by atoms with van der Waals surface area (Å²) >= 11 is 0. The van der Waals surface area contributed by atoms with Crippen LogP contribution in [0.3, 0.4) is 0 Å². The van der Waals surface area contributed by atoms with Crippen molar-refractivity contribution < 1.29 is 0 Å². The number of fused-ring (bicyclic) bond motifs is 2. The second-order valence-corrected chi connectivity index (χ2v) is 5.64. The smallest absolute Gasteiger partial charge is 0.292 e. The molecule has 0 atom stereocenters. The van der Waals surface area contributed by atoms with Crippen LogP contribution in [0.5, 0.6) is 0 Å². The first-order valence-corrected chi connectivity index (χ1v) is 7.66. The molecule has 0 unspecified atom stereocenters. The van der Waals surface area contributed by atoms with Gasteiger partial charge >= 0.3 is 5.69 Å². The fourth-order valence-corrected chi connectivity index (χ4v) is 2.67. The predicted octanol–water partition coefficient (Wildman–Crippen LogP) is 2.34. The summed E-state index contributed by atoms with van der Waals surface area (Å²) < 4.78 is 1.45. The molecule has 24 heavy (non-hydrogen) atoms.